The lowest BCUT2D eigenvalue weighted by atomic mass is 10.1. The Morgan fingerprint density at radius 3 is 2.67 bits per heavy atom. The van der Waals surface area contributed by atoms with E-state index in [0.717, 1.165) is 11.1 Å². The molecule has 0 fully saturated rings. The van der Waals surface area contributed by atoms with Gasteiger partial charge in [0.05, 0.1) is 0 Å². The van der Waals surface area contributed by atoms with Gasteiger partial charge in [-0.15, -0.1) is 0 Å². The molecule has 0 aromatic heterocycles. The van der Waals surface area contributed by atoms with Crippen molar-refractivity contribution in [1.82, 2.24) is 0 Å². The molecule has 1 amide bonds. The quantitative estimate of drug-likeness (QED) is 0.670. The summed E-state index contributed by atoms with van der Waals surface area (Å²) in [5, 5.41) is 2.71. The molecule has 108 valence electrons. The van der Waals surface area contributed by atoms with E-state index in [4.69, 9.17) is 10.5 Å². The first kappa shape index (κ1) is 14.6. The zero-order chi connectivity index (χ0) is 15.2. The topological polar surface area (TPSA) is 76.7 Å². The second-order valence-corrected chi connectivity index (χ2v) is 4.51. The second-order valence-electron chi connectivity index (χ2n) is 4.51. The number of carbonyl (C=O) groups excluding carboxylic acids is 1. The van der Waals surface area contributed by atoms with Gasteiger partial charge < -0.3 is 10.5 Å². The van der Waals surface area contributed by atoms with Gasteiger partial charge in [0.2, 0.25) is 0 Å². The summed E-state index contributed by atoms with van der Waals surface area (Å²) < 4.78 is 5.19. The number of aliphatic imine (C=N–C) groups is 1. The first-order valence-corrected chi connectivity index (χ1v) is 6.46. The van der Waals surface area contributed by atoms with Gasteiger partial charge >= 0.3 is 6.09 Å². The van der Waals surface area contributed by atoms with Crippen LogP contribution >= 0.6 is 0 Å². The minimum atomic E-state index is -0.548. The third kappa shape index (κ3) is 3.82. The third-order valence-electron chi connectivity index (χ3n) is 2.89. The molecular formula is C16H17N3O2. The van der Waals surface area contributed by atoms with Gasteiger partial charge in [0.15, 0.2) is 0 Å². The minimum Gasteiger partial charge on any atom is -0.410 e. The van der Waals surface area contributed by atoms with Crippen molar-refractivity contribution in [2.45, 2.75) is 6.92 Å². The Kier molecular flexibility index (Phi) is 4.56. The van der Waals surface area contributed by atoms with Crippen molar-refractivity contribution in [2.24, 2.45) is 4.99 Å². The maximum absolute atomic E-state index is 11.9. The van der Waals surface area contributed by atoms with Gasteiger partial charge in [0.1, 0.15) is 5.75 Å². The van der Waals surface area contributed by atoms with Crippen LogP contribution < -0.4 is 15.8 Å². The molecule has 5 nitrogen and oxygen atoms in total. The predicted octanol–water partition coefficient (Wildman–Crippen LogP) is 3.24. The van der Waals surface area contributed by atoms with Gasteiger partial charge in [-0.1, -0.05) is 18.2 Å². The van der Waals surface area contributed by atoms with E-state index >= 15 is 0 Å². The lowest BCUT2D eigenvalue weighted by Gasteiger charge is -2.11. The van der Waals surface area contributed by atoms with Crippen molar-refractivity contribution < 1.29 is 9.53 Å². The van der Waals surface area contributed by atoms with E-state index < -0.39 is 6.09 Å². The molecule has 0 saturated carbocycles. The number of hydrogen-bond donors (Lipinski definition) is 2. The lowest BCUT2D eigenvalue weighted by Crippen LogP contribution is -2.17. The van der Waals surface area contributed by atoms with E-state index in [1.54, 1.807) is 49.7 Å². The highest BCUT2D eigenvalue weighted by Gasteiger charge is 2.09. The molecule has 2 aromatic rings. The largest absolute Gasteiger partial charge is 0.417 e. The fourth-order valence-electron chi connectivity index (χ4n) is 1.86. The van der Waals surface area contributed by atoms with Crippen LogP contribution in [0.5, 0.6) is 5.75 Å². The summed E-state index contributed by atoms with van der Waals surface area (Å²) in [5.74, 6) is 0.485. The molecule has 2 aromatic carbocycles. The van der Waals surface area contributed by atoms with Gasteiger partial charge in [-0.3, -0.25) is 10.3 Å². The Morgan fingerprint density at radius 1 is 1.29 bits per heavy atom. The molecule has 0 aliphatic heterocycles. The standard InChI is InChI=1S/C16H17N3O2/c1-11-8-14(17)12(10-18-2)9-15(11)19-16(20)21-13-6-4-3-5-7-13/h3-10H,17H2,1-2H3,(H,19,20). The van der Waals surface area contributed by atoms with E-state index in [0.29, 0.717) is 17.1 Å². The van der Waals surface area contributed by atoms with Crippen molar-refractivity contribution in [3.8, 4) is 5.75 Å². The third-order valence-corrected chi connectivity index (χ3v) is 2.89. The van der Waals surface area contributed by atoms with E-state index in [1.165, 1.54) is 0 Å². The molecule has 0 unspecified atom stereocenters. The summed E-state index contributed by atoms with van der Waals surface area (Å²) in [4.78, 5) is 15.8. The van der Waals surface area contributed by atoms with Gasteiger partial charge in [-0.2, -0.15) is 0 Å². The Hall–Kier alpha value is -2.82. The number of para-hydroxylation sites is 1. The van der Waals surface area contributed by atoms with Crippen molar-refractivity contribution in [2.75, 3.05) is 18.1 Å². The number of aryl methyl sites for hydroxylation is 1. The minimum absolute atomic E-state index is 0.485. The Labute approximate surface area is 123 Å². The number of anilines is 2. The second kappa shape index (κ2) is 6.56. The smallest absolute Gasteiger partial charge is 0.410 e. The summed E-state index contributed by atoms with van der Waals surface area (Å²) in [6, 6.07) is 12.4. The molecule has 0 aliphatic rings. The maximum atomic E-state index is 11.9. The fourth-order valence-corrected chi connectivity index (χ4v) is 1.86. The summed E-state index contributed by atoms with van der Waals surface area (Å²) >= 11 is 0. The molecule has 0 heterocycles. The van der Waals surface area contributed by atoms with Crippen LogP contribution in [-0.2, 0) is 0 Å². The zero-order valence-electron chi connectivity index (χ0n) is 12.0. The molecule has 0 spiro atoms. The van der Waals surface area contributed by atoms with Crippen LogP contribution in [0, 0.1) is 6.92 Å². The van der Waals surface area contributed by atoms with Crippen LogP contribution in [0.25, 0.3) is 0 Å². The first-order valence-electron chi connectivity index (χ1n) is 6.46. The molecule has 0 saturated heterocycles. The van der Waals surface area contributed by atoms with E-state index in [2.05, 4.69) is 10.3 Å². The van der Waals surface area contributed by atoms with Crippen LogP contribution in [0.15, 0.2) is 47.5 Å². The molecular weight excluding hydrogens is 266 g/mol. The highest BCUT2D eigenvalue weighted by molar-refractivity contribution is 5.93. The molecule has 0 aliphatic carbocycles. The van der Waals surface area contributed by atoms with Crippen molar-refractivity contribution in [3.05, 3.63) is 53.6 Å². The van der Waals surface area contributed by atoms with E-state index in [-0.39, 0.29) is 0 Å². The van der Waals surface area contributed by atoms with Gasteiger partial charge in [-0.25, -0.2) is 4.79 Å². The van der Waals surface area contributed by atoms with Gasteiger partial charge in [0, 0.05) is 30.2 Å². The van der Waals surface area contributed by atoms with Crippen molar-refractivity contribution in [1.29, 1.82) is 0 Å². The Bertz CT molecular complexity index is 667. The predicted molar refractivity (Wildman–Crippen MR) is 85.2 cm³/mol. The summed E-state index contributed by atoms with van der Waals surface area (Å²) in [7, 11) is 1.66. The fraction of sp³-hybridized carbons (Fsp3) is 0.125. The number of ether oxygens (including phenoxy) is 1. The number of nitrogens with one attached hydrogen (secondary N) is 1. The normalized spacial score (nSPS) is 10.6. The average Bonchev–Trinajstić information content (AvgIpc) is 2.45. The van der Waals surface area contributed by atoms with Crippen LogP contribution in [0.1, 0.15) is 11.1 Å². The average molecular weight is 283 g/mol. The molecule has 3 N–H and O–H groups in total. The monoisotopic (exact) mass is 283 g/mol. The molecule has 0 bridgehead atoms. The van der Waals surface area contributed by atoms with Crippen LogP contribution in [0.3, 0.4) is 0 Å². The summed E-state index contributed by atoms with van der Waals surface area (Å²) in [6.45, 7) is 1.86. The number of nitrogens with zero attached hydrogens (tertiary/aromatic N) is 1. The van der Waals surface area contributed by atoms with Crippen LogP contribution in [0.4, 0.5) is 16.2 Å². The highest BCUT2D eigenvalue weighted by Crippen LogP contribution is 2.22. The number of benzene rings is 2. The number of rotatable bonds is 3. The van der Waals surface area contributed by atoms with Gasteiger partial charge in [-0.05, 0) is 36.8 Å². The number of carbonyl (C=O) groups is 1. The lowest BCUT2D eigenvalue weighted by molar-refractivity contribution is 0.215. The molecule has 21 heavy (non-hydrogen) atoms. The molecule has 2 rings (SSSR count). The zero-order valence-corrected chi connectivity index (χ0v) is 12.0. The van der Waals surface area contributed by atoms with Crippen molar-refractivity contribution >= 4 is 23.7 Å². The van der Waals surface area contributed by atoms with Crippen molar-refractivity contribution in [3.63, 3.8) is 0 Å². The first-order chi connectivity index (χ1) is 10.1. The Morgan fingerprint density at radius 2 is 2.00 bits per heavy atom. The van der Waals surface area contributed by atoms with E-state index in [9.17, 15) is 4.79 Å². The SMILES string of the molecule is CN=Cc1cc(NC(=O)Oc2ccccc2)c(C)cc1N. The number of nitrogen functional groups attached to an aromatic ring is 1. The maximum Gasteiger partial charge on any atom is 0.417 e. The molecule has 0 radical (unpaired) electrons. The number of nitrogens with two attached hydrogens (primary N) is 1. The molecule has 0 atom stereocenters. The summed E-state index contributed by atoms with van der Waals surface area (Å²) in [5.41, 5.74) is 8.75. The molecule has 5 heteroatoms. The Balaban J connectivity index is 2.15. The number of amides is 1. The van der Waals surface area contributed by atoms with Crippen LogP contribution in [-0.4, -0.2) is 19.4 Å². The highest BCUT2D eigenvalue weighted by atomic mass is 16.6. The van der Waals surface area contributed by atoms with Gasteiger partial charge in [0.25, 0.3) is 0 Å². The number of hydrogen-bond acceptors (Lipinski definition) is 4. The van der Waals surface area contributed by atoms with Crippen LogP contribution in [0.2, 0.25) is 0 Å². The van der Waals surface area contributed by atoms with E-state index in [1.807, 2.05) is 13.0 Å². The summed E-state index contributed by atoms with van der Waals surface area (Å²) in [6.07, 6.45) is 1.09.